The fraction of sp³-hybridized carbons (Fsp3) is 0.143. The third kappa shape index (κ3) is 2.82. The quantitative estimate of drug-likeness (QED) is 0.909. The molecule has 106 valence electrons. The number of phenolic OH excluding ortho intramolecular Hbond substituents is 1. The van der Waals surface area contributed by atoms with E-state index in [0.29, 0.717) is 0 Å². The molecule has 0 bridgehead atoms. The number of rotatable bonds is 3. The Morgan fingerprint density at radius 2 is 2.00 bits per heavy atom. The molecular weight excluding hydrogens is 291 g/mol. The van der Waals surface area contributed by atoms with Crippen LogP contribution in [0, 0.1) is 5.82 Å². The summed E-state index contributed by atoms with van der Waals surface area (Å²) < 4.78 is 39.2. The minimum atomic E-state index is -2.63. The lowest BCUT2D eigenvalue weighted by molar-refractivity contribution is 0.123. The molecular formula is C14H11ClF3NO. The van der Waals surface area contributed by atoms with Crippen LogP contribution < -0.4 is 0 Å². The molecule has 0 saturated heterocycles. The van der Waals surface area contributed by atoms with Gasteiger partial charge in [-0.15, -0.1) is 0 Å². The van der Waals surface area contributed by atoms with Crippen LogP contribution in [0.1, 0.15) is 5.56 Å². The van der Waals surface area contributed by atoms with Gasteiger partial charge in [0, 0.05) is 11.6 Å². The van der Waals surface area contributed by atoms with E-state index < -0.39 is 18.8 Å². The number of allylic oxidation sites excluding steroid dienone is 3. The summed E-state index contributed by atoms with van der Waals surface area (Å²) in [6.45, 7) is 2.99. The number of alkyl halides is 2. The second-order valence-electron chi connectivity index (χ2n) is 4.18. The molecule has 0 aromatic heterocycles. The molecule has 0 aliphatic carbocycles. The zero-order valence-electron chi connectivity index (χ0n) is 10.3. The second kappa shape index (κ2) is 5.63. The lowest BCUT2D eigenvalue weighted by Crippen LogP contribution is -2.28. The summed E-state index contributed by atoms with van der Waals surface area (Å²) in [6.07, 6.45) is 0.278. The highest BCUT2D eigenvalue weighted by molar-refractivity contribution is 6.32. The highest BCUT2D eigenvalue weighted by Gasteiger charge is 2.24. The predicted octanol–water partition coefficient (Wildman–Crippen LogP) is 4.09. The Balaban J connectivity index is 2.48. The van der Waals surface area contributed by atoms with Crippen molar-refractivity contribution in [1.82, 2.24) is 4.90 Å². The fourth-order valence-corrected chi connectivity index (χ4v) is 2.07. The first kappa shape index (κ1) is 14.5. The van der Waals surface area contributed by atoms with E-state index in [1.165, 1.54) is 24.3 Å². The maximum absolute atomic E-state index is 13.9. The number of hydrogen-bond acceptors (Lipinski definition) is 2. The first-order valence-electron chi connectivity index (χ1n) is 5.71. The Hall–Kier alpha value is -1.88. The van der Waals surface area contributed by atoms with Crippen LogP contribution in [0.25, 0.3) is 5.70 Å². The van der Waals surface area contributed by atoms with E-state index >= 15 is 0 Å². The molecule has 1 aromatic carbocycles. The van der Waals surface area contributed by atoms with Gasteiger partial charge >= 0.3 is 0 Å². The number of benzene rings is 1. The van der Waals surface area contributed by atoms with Crippen LogP contribution in [0.3, 0.4) is 0 Å². The number of phenols is 1. The van der Waals surface area contributed by atoms with Gasteiger partial charge in [0.2, 0.25) is 0 Å². The van der Waals surface area contributed by atoms with Gasteiger partial charge < -0.3 is 10.0 Å². The standard InChI is InChI=1S/C14H11ClF3NO/c1-8-11(15)4-5-13(19(8)7-14(17)18)10-3-2-9(20)6-12(10)16/h2-6,14,20H,1,7H2. The lowest BCUT2D eigenvalue weighted by Gasteiger charge is -2.31. The topological polar surface area (TPSA) is 23.5 Å². The molecule has 6 heteroatoms. The molecule has 2 nitrogen and oxygen atoms in total. The zero-order valence-corrected chi connectivity index (χ0v) is 11.0. The number of halogens is 4. The summed E-state index contributed by atoms with van der Waals surface area (Å²) in [6, 6.07) is 3.51. The third-order valence-electron chi connectivity index (χ3n) is 2.83. The molecule has 1 N–H and O–H groups in total. The molecule has 0 spiro atoms. The van der Waals surface area contributed by atoms with Crippen molar-refractivity contribution in [1.29, 1.82) is 0 Å². The molecule has 1 aliphatic rings. The van der Waals surface area contributed by atoms with Gasteiger partial charge in [0.1, 0.15) is 11.6 Å². The van der Waals surface area contributed by atoms with Gasteiger partial charge in [-0.1, -0.05) is 18.2 Å². The van der Waals surface area contributed by atoms with Crippen LogP contribution in [0.4, 0.5) is 13.2 Å². The van der Waals surface area contributed by atoms with E-state index in [4.69, 9.17) is 11.6 Å². The summed E-state index contributed by atoms with van der Waals surface area (Å²) in [5, 5.41) is 9.41. The normalized spacial score (nSPS) is 15.4. The molecule has 0 saturated carbocycles. The van der Waals surface area contributed by atoms with Crippen LogP contribution >= 0.6 is 11.6 Å². The van der Waals surface area contributed by atoms with Gasteiger partial charge in [-0.25, -0.2) is 13.2 Å². The van der Waals surface area contributed by atoms with E-state index in [9.17, 15) is 18.3 Å². The average molecular weight is 302 g/mol. The number of aromatic hydroxyl groups is 1. The van der Waals surface area contributed by atoms with Gasteiger partial charge in [-0.2, -0.15) is 0 Å². The monoisotopic (exact) mass is 301 g/mol. The highest BCUT2D eigenvalue weighted by atomic mass is 35.5. The summed E-state index contributed by atoms with van der Waals surface area (Å²) in [7, 11) is 0. The molecule has 2 rings (SSSR count). The van der Waals surface area contributed by atoms with Crippen molar-refractivity contribution >= 4 is 17.3 Å². The largest absolute Gasteiger partial charge is 0.508 e. The second-order valence-corrected chi connectivity index (χ2v) is 4.59. The van der Waals surface area contributed by atoms with Crippen molar-refractivity contribution in [3.05, 3.63) is 59.0 Å². The van der Waals surface area contributed by atoms with Gasteiger partial charge in [0.05, 0.1) is 23.0 Å². The van der Waals surface area contributed by atoms with Gasteiger partial charge in [0.15, 0.2) is 0 Å². The predicted molar refractivity (Wildman–Crippen MR) is 71.8 cm³/mol. The maximum atomic E-state index is 13.9. The first-order valence-corrected chi connectivity index (χ1v) is 6.09. The SMILES string of the molecule is C=C1C(Cl)=CC=C(c2ccc(O)cc2F)N1CC(F)F. The Labute approximate surface area is 119 Å². The van der Waals surface area contributed by atoms with E-state index in [-0.39, 0.29) is 27.7 Å². The van der Waals surface area contributed by atoms with Crippen LogP contribution in [0.5, 0.6) is 5.75 Å². The number of nitrogens with zero attached hydrogens (tertiary/aromatic N) is 1. The smallest absolute Gasteiger partial charge is 0.256 e. The molecule has 1 aromatic rings. The molecule has 0 radical (unpaired) electrons. The summed E-state index contributed by atoms with van der Waals surface area (Å²) >= 11 is 5.86. The highest BCUT2D eigenvalue weighted by Crippen LogP contribution is 2.34. The molecule has 0 atom stereocenters. The number of hydrogen-bond donors (Lipinski definition) is 1. The van der Waals surface area contributed by atoms with Crippen molar-refractivity contribution in [3.8, 4) is 5.75 Å². The average Bonchev–Trinajstić information content (AvgIpc) is 2.36. The maximum Gasteiger partial charge on any atom is 0.256 e. The van der Waals surface area contributed by atoms with E-state index in [0.717, 1.165) is 11.0 Å². The molecule has 1 heterocycles. The molecule has 0 fully saturated rings. The first-order chi connectivity index (χ1) is 9.40. The zero-order chi connectivity index (χ0) is 14.9. The van der Waals surface area contributed by atoms with Crippen LogP contribution in [0.2, 0.25) is 0 Å². The Morgan fingerprint density at radius 3 is 2.60 bits per heavy atom. The van der Waals surface area contributed by atoms with Crippen molar-refractivity contribution in [2.24, 2.45) is 0 Å². The van der Waals surface area contributed by atoms with Crippen molar-refractivity contribution in [2.75, 3.05) is 6.54 Å². The molecule has 0 amide bonds. The van der Waals surface area contributed by atoms with E-state index in [2.05, 4.69) is 6.58 Å². The Morgan fingerprint density at radius 1 is 1.30 bits per heavy atom. The van der Waals surface area contributed by atoms with Crippen molar-refractivity contribution in [3.63, 3.8) is 0 Å². The Kier molecular flexibility index (Phi) is 4.09. The molecule has 20 heavy (non-hydrogen) atoms. The van der Waals surface area contributed by atoms with Crippen LogP contribution in [0.15, 0.2) is 47.7 Å². The van der Waals surface area contributed by atoms with Crippen molar-refractivity contribution < 1.29 is 18.3 Å². The Bertz CT molecular complexity index is 610. The minimum Gasteiger partial charge on any atom is -0.508 e. The van der Waals surface area contributed by atoms with Crippen LogP contribution in [-0.2, 0) is 0 Å². The van der Waals surface area contributed by atoms with Gasteiger partial charge in [-0.05, 0) is 24.3 Å². The lowest BCUT2D eigenvalue weighted by atomic mass is 10.1. The molecule has 1 aliphatic heterocycles. The van der Waals surface area contributed by atoms with Crippen LogP contribution in [-0.4, -0.2) is 23.0 Å². The summed E-state index contributed by atoms with van der Waals surface area (Å²) in [4.78, 5) is 1.16. The minimum absolute atomic E-state index is 0.0880. The summed E-state index contributed by atoms with van der Waals surface area (Å²) in [5.74, 6) is -0.954. The van der Waals surface area contributed by atoms with E-state index in [1.807, 2.05) is 0 Å². The van der Waals surface area contributed by atoms with Gasteiger partial charge in [-0.3, -0.25) is 0 Å². The summed E-state index contributed by atoms with van der Waals surface area (Å²) in [5.41, 5.74) is 0.485. The van der Waals surface area contributed by atoms with Gasteiger partial charge in [0.25, 0.3) is 6.43 Å². The van der Waals surface area contributed by atoms with E-state index in [1.54, 1.807) is 0 Å². The fourth-order valence-electron chi connectivity index (χ4n) is 1.91. The van der Waals surface area contributed by atoms with Crippen molar-refractivity contribution in [2.45, 2.75) is 6.43 Å². The third-order valence-corrected chi connectivity index (χ3v) is 3.17. The molecule has 0 unspecified atom stereocenters.